The van der Waals surface area contributed by atoms with Gasteiger partial charge in [0.15, 0.2) is 24.2 Å². The molecule has 3 amide bonds. The Morgan fingerprint density at radius 1 is 1.26 bits per heavy atom. The van der Waals surface area contributed by atoms with Gasteiger partial charge >= 0.3 is 12.0 Å². The maximum absolute atomic E-state index is 12.8. The van der Waals surface area contributed by atoms with Crippen LogP contribution in [0.4, 0.5) is 4.79 Å². The summed E-state index contributed by atoms with van der Waals surface area (Å²) >= 11 is 1.06. The van der Waals surface area contributed by atoms with Gasteiger partial charge in [0.25, 0.3) is 11.5 Å². The molecule has 5 rings (SSSR count). The minimum absolute atomic E-state index is 0.112. The zero-order chi connectivity index (χ0) is 24.5. The minimum atomic E-state index is -0.794. The Kier molecular flexibility index (Phi) is 6.12. The van der Waals surface area contributed by atoms with Crippen LogP contribution in [0.25, 0.3) is 10.2 Å². The Labute approximate surface area is 203 Å². The van der Waals surface area contributed by atoms with Gasteiger partial charge in [-0.3, -0.25) is 19.5 Å². The predicted octanol–water partition coefficient (Wildman–Crippen LogP) is 1.54. The van der Waals surface area contributed by atoms with Crippen LogP contribution in [0.5, 0.6) is 11.5 Å². The van der Waals surface area contributed by atoms with Gasteiger partial charge in [-0.15, -0.1) is 11.3 Å². The molecule has 1 aromatic carbocycles. The van der Waals surface area contributed by atoms with Gasteiger partial charge in [0.1, 0.15) is 22.1 Å². The van der Waals surface area contributed by atoms with Crippen molar-refractivity contribution in [3.8, 4) is 11.5 Å². The number of rotatable bonds is 5. The molecule has 0 saturated carbocycles. The topological polar surface area (TPSA) is 138 Å². The van der Waals surface area contributed by atoms with Gasteiger partial charge in [0, 0.05) is 13.0 Å². The molecule has 0 aliphatic carbocycles. The highest BCUT2D eigenvalue weighted by Crippen LogP contribution is 2.31. The van der Waals surface area contributed by atoms with E-state index in [1.54, 1.807) is 23.6 Å². The van der Waals surface area contributed by atoms with Crippen LogP contribution in [0.1, 0.15) is 27.5 Å². The average Bonchev–Trinajstić information content (AvgIpc) is 3.46. The van der Waals surface area contributed by atoms with E-state index in [2.05, 4.69) is 15.6 Å². The molecule has 0 saturated heterocycles. The number of aromatic nitrogens is 2. The van der Waals surface area contributed by atoms with E-state index in [9.17, 15) is 19.2 Å². The molecule has 2 N–H and O–H groups in total. The van der Waals surface area contributed by atoms with Crippen molar-refractivity contribution in [1.82, 2.24) is 20.2 Å². The van der Waals surface area contributed by atoms with Crippen molar-refractivity contribution in [2.24, 2.45) is 0 Å². The molecule has 12 heteroatoms. The third-order valence-corrected chi connectivity index (χ3v) is 6.91. The number of hydrogen-bond donors (Lipinski definition) is 2. The molecule has 0 spiro atoms. The Hall–Kier alpha value is -3.93. The first-order valence-corrected chi connectivity index (χ1v) is 11.9. The van der Waals surface area contributed by atoms with Crippen LogP contribution >= 0.6 is 11.3 Å². The van der Waals surface area contributed by atoms with E-state index in [1.807, 2.05) is 12.1 Å². The second kappa shape index (κ2) is 9.37. The number of fused-ring (bicyclic) bond motifs is 3. The summed E-state index contributed by atoms with van der Waals surface area (Å²) in [4.78, 5) is 54.6. The minimum Gasteiger partial charge on any atom is -0.486 e. The number of hydrogen-bond acceptors (Lipinski definition) is 9. The van der Waals surface area contributed by atoms with E-state index in [1.165, 1.54) is 0 Å². The fraction of sp³-hybridized carbons (Fsp3) is 0.348. The van der Waals surface area contributed by atoms with Crippen LogP contribution in [0.2, 0.25) is 0 Å². The molecule has 2 aliphatic heterocycles. The van der Waals surface area contributed by atoms with Crippen LogP contribution in [0.15, 0.2) is 29.1 Å². The van der Waals surface area contributed by atoms with E-state index in [0.717, 1.165) is 24.2 Å². The van der Waals surface area contributed by atoms with Gasteiger partial charge in [-0.05, 0) is 31.0 Å². The average molecular weight is 499 g/mol. The Bertz CT molecular complexity index is 1400. The number of esters is 1. The van der Waals surface area contributed by atoms with Crippen molar-refractivity contribution in [3.63, 3.8) is 0 Å². The molecule has 0 radical (unpaired) electrons. The summed E-state index contributed by atoms with van der Waals surface area (Å²) in [5.41, 5.74) is 0.310. The Balaban J connectivity index is 1.12. The highest BCUT2D eigenvalue weighted by Gasteiger charge is 2.25. The molecule has 0 unspecified atom stereocenters. The summed E-state index contributed by atoms with van der Waals surface area (Å²) in [6.07, 6.45) is 1.17. The summed E-state index contributed by atoms with van der Waals surface area (Å²) in [7, 11) is 0. The lowest BCUT2D eigenvalue weighted by molar-refractivity contribution is -0.123. The normalized spacial score (nSPS) is 16.0. The number of aryl methyl sites for hydroxylation is 2. The highest BCUT2D eigenvalue weighted by atomic mass is 32.1. The highest BCUT2D eigenvalue weighted by molar-refractivity contribution is 7.20. The van der Waals surface area contributed by atoms with Crippen molar-refractivity contribution < 1.29 is 28.6 Å². The Morgan fingerprint density at radius 2 is 2.06 bits per heavy atom. The molecule has 2 aliphatic rings. The number of nitrogens with one attached hydrogen (secondary N) is 2. The van der Waals surface area contributed by atoms with Gasteiger partial charge in [-0.2, -0.15) is 0 Å². The largest absolute Gasteiger partial charge is 0.486 e. The number of thiophene rings is 1. The zero-order valence-corrected chi connectivity index (χ0v) is 19.6. The summed E-state index contributed by atoms with van der Waals surface area (Å²) in [5, 5.41) is 5.03. The molecule has 182 valence electrons. The number of imide groups is 1. The van der Waals surface area contributed by atoms with Crippen LogP contribution in [0, 0.1) is 6.92 Å². The van der Waals surface area contributed by atoms with Crippen molar-refractivity contribution >= 4 is 39.5 Å². The monoisotopic (exact) mass is 498 g/mol. The zero-order valence-electron chi connectivity index (χ0n) is 18.8. The van der Waals surface area contributed by atoms with E-state index < -0.39 is 30.6 Å². The van der Waals surface area contributed by atoms with E-state index in [0.29, 0.717) is 39.6 Å². The Morgan fingerprint density at radius 3 is 2.89 bits per heavy atom. The van der Waals surface area contributed by atoms with Crippen molar-refractivity contribution in [2.45, 2.75) is 32.4 Å². The summed E-state index contributed by atoms with van der Waals surface area (Å²) in [5.74, 6) is 0.371. The first-order valence-electron chi connectivity index (χ1n) is 11.1. The SMILES string of the molecule is Cc1c(C(=O)OCC(=O)NC(=O)NC[C@@H]2COc3ccccc3O2)sc2nc3n(c(=O)c12)CCC3. The third-order valence-electron chi connectivity index (χ3n) is 5.74. The summed E-state index contributed by atoms with van der Waals surface area (Å²) < 4.78 is 18.0. The maximum Gasteiger partial charge on any atom is 0.349 e. The summed E-state index contributed by atoms with van der Waals surface area (Å²) in [6.45, 7) is 1.98. The number of benzene rings is 1. The quantitative estimate of drug-likeness (QED) is 0.505. The van der Waals surface area contributed by atoms with Crippen molar-refractivity contribution in [2.75, 3.05) is 19.8 Å². The van der Waals surface area contributed by atoms with E-state index in [4.69, 9.17) is 14.2 Å². The number of carbonyl (C=O) groups excluding carboxylic acids is 3. The molecule has 11 nitrogen and oxygen atoms in total. The lowest BCUT2D eigenvalue weighted by atomic mass is 10.2. The van der Waals surface area contributed by atoms with Gasteiger partial charge in [-0.25, -0.2) is 14.6 Å². The van der Waals surface area contributed by atoms with Crippen LogP contribution in [0.3, 0.4) is 0 Å². The predicted molar refractivity (Wildman–Crippen MR) is 125 cm³/mol. The second-order valence-electron chi connectivity index (χ2n) is 8.16. The molecule has 1 atom stereocenters. The maximum atomic E-state index is 12.8. The van der Waals surface area contributed by atoms with Crippen LogP contribution < -0.4 is 25.7 Å². The summed E-state index contributed by atoms with van der Waals surface area (Å²) in [6, 6.07) is 6.44. The smallest absolute Gasteiger partial charge is 0.349 e. The van der Waals surface area contributed by atoms with Crippen LogP contribution in [-0.4, -0.2) is 53.3 Å². The fourth-order valence-electron chi connectivity index (χ4n) is 4.04. The molecule has 4 heterocycles. The fourth-order valence-corrected chi connectivity index (χ4v) is 5.13. The number of nitrogens with zero attached hydrogens (tertiary/aromatic N) is 2. The van der Waals surface area contributed by atoms with Gasteiger partial charge in [0.05, 0.1) is 11.9 Å². The van der Waals surface area contributed by atoms with Gasteiger partial charge in [-0.1, -0.05) is 12.1 Å². The van der Waals surface area contributed by atoms with Crippen LogP contribution in [-0.2, 0) is 22.5 Å². The first-order chi connectivity index (χ1) is 16.9. The first kappa shape index (κ1) is 22.8. The molecule has 0 bridgehead atoms. The lowest BCUT2D eigenvalue weighted by Crippen LogP contribution is -2.46. The number of amides is 3. The van der Waals surface area contributed by atoms with Crippen molar-refractivity contribution in [1.29, 1.82) is 0 Å². The molecular weight excluding hydrogens is 476 g/mol. The molecule has 35 heavy (non-hydrogen) atoms. The van der Waals surface area contributed by atoms with E-state index in [-0.39, 0.29) is 23.6 Å². The number of urea groups is 1. The molecule has 2 aromatic heterocycles. The molecule has 3 aromatic rings. The second-order valence-corrected chi connectivity index (χ2v) is 9.16. The number of carbonyl (C=O) groups is 3. The van der Waals surface area contributed by atoms with E-state index >= 15 is 0 Å². The standard InChI is InChI=1S/C23H22N4O7S/c1-12-18-20(25-16-7-4-8-27(16)21(18)29)35-19(12)22(30)33-11-17(28)26-23(31)24-9-13-10-32-14-5-2-3-6-15(14)34-13/h2-3,5-6,13H,4,7-11H2,1H3,(H2,24,26,28,31)/t13-/m1/s1. The molecular formula is C23H22N4O7S. The van der Waals surface area contributed by atoms with Gasteiger partial charge < -0.3 is 19.5 Å². The number of para-hydroxylation sites is 2. The number of ether oxygens (including phenoxy) is 3. The molecule has 0 fully saturated rings. The van der Waals surface area contributed by atoms with Crippen molar-refractivity contribution in [3.05, 3.63) is 50.9 Å². The third kappa shape index (κ3) is 4.56. The van der Waals surface area contributed by atoms with Gasteiger partial charge in [0.2, 0.25) is 0 Å². The lowest BCUT2D eigenvalue weighted by Gasteiger charge is -2.26.